The van der Waals surface area contributed by atoms with Crippen LogP contribution in [0.25, 0.3) is 123 Å². The zero-order valence-corrected chi connectivity index (χ0v) is 32.5. The molecule has 12 aromatic rings. The van der Waals surface area contributed by atoms with Gasteiger partial charge in [0.05, 0.1) is 15.1 Å². The summed E-state index contributed by atoms with van der Waals surface area (Å²) in [6.45, 7) is 0. The van der Waals surface area contributed by atoms with Crippen molar-refractivity contribution in [1.82, 2.24) is 15.0 Å². The minimum absolute atomic E-state index is 0.124. The highest BCUT2D eigenvalue weighted by atomic mass is 16.3. The predicted molar refractivity (Wildman–Crippen MR) is 252 cm³/mol. The van der Waals surface area contributed by atoms with Gasteiger partial charge in [-0.05, 0) is 57.6 Å². The van der Waals surface area contributed by atoms with Gasteiger partial charge in [-0.3, -0.25) is 0 Å². The van der Waals surface area contributed by atoms with Crippen molar-refractivity contribution in [1.29, 1.82) is 0 Å². The average molecular weight is 805 g/mol. The van der Waals surface area contributed by atoms with Crippen LogP contribution in [0.5, 0.6) is 0 Å². The Hall–Kier alpha value is -8.41. The maximum absolute atomic E-state index is 9.57. The van der Waals surface area contributed by atoms with Crippen molar-refractivity contribution in [3.05, 3.63) is 212 Å². The quantitative estimate of drug-likeness (QED) is 0.161. The molecule has 5 nitrogen and oxygen atoms in total. The van der Waals surface area contributed by atoms with Crippen LogP contribution in [0.2, 0.25) is 0 Å². The molecule has 0 aliphatic rings. The maximum Gasteiger partial charge on any atom is 0.164 e. The Morgan fingerprint density at radius 3 is 1.45 bits per heavy atom. The minimum Gasteiger partial charge on any atom is -0.456 e. The fraction of sp³-hybridized carbons (Fsp3) is 0. The van der Waals surface area contributed by atoms with Crippen LogP contribution in [0.1, 0.15) is 15.1 Å². The van der Waals surface area contributed by atoms with Gasteiger partial charge in [-0.15, -0.1) is 0 Å². The third-order valence-corrected chi connectivity index (χ3v) is 10.9. The predicted octanol–water partition coefficient (Wildman–Crippen LogP) is 15.3. The lowest BCUT2D eigenvalue weighted by Crippen LogP contribution is -2.00. The number of furan rings is 2. The van der Waals surface area contributed by atoms with Crippen LogP contribution in [-0.4, -0.2) is 15.0 Å². The van der Waals surface area contributed by atoms with E-state index in [9.17, 15) is 5.48 Å². The Morgan fingerprint density at radius 1 is 0.306 bits per heavy atom. The van der Waals surface area contributed by atoms with E-state index in [1.54, 1.807) is 0 Å². The lowest BCUT2D eigenvalue weighted by atomic mass is 9.99. The largest absolute Gasteiger partial charge is 0.456 e. The summed E-state index contributed by atoms with van der Waals surface area (Å²) in [5, 5.41) is 1.55. The summed E-state index contributed by atoms with van der Waals surface area (Å²) < 4.78 is 110. The molecule has 3 aromatic heterocycles. The van der Waals surface area contributed by atoms with Crippen molar-refractivity contribution >= 4 is 43.9 Å². The molecule has 0 saturated heterocycles. The van der Waals surface area contributed by atoms with E-state index in [2.05, 4.69) is 24.3 Å². The Bertz CT molecular complexity index is 4230. The van der Waals surface area contributed by atoms with Crippen molar-refractivity contribution in [2.45, 2.75) is 0 Å². The summed E-state index contributed by atoms with van der Waals surface area (Å²) in [7, 11) is 0. The number of nitrogens with zero attached hydrogens (tertiary/aromatic N) is 3. The Kier molecular flexibility index (Phi) is 6.15. The van der Waals surface area contributed by atoms with Crippen molar-refractivity contribution in [2.24, 2.45) is 0 Å². The highest BCUT2D eigenvalue weighted by Gasteiger charge is 2.18. The van der Waals surface area contributed by atoms with Crippen molar-refractivity contribution in [3.8, 4) is 78.7 Å². The first-order chi connectivity index (χ1) is 35.3. The number of aromatic nitrogens is 3. The van der Waals surface area contributed by atoms with Gasteiger partial charge in [-0.1, -0.05) is 188 Å². The van der Waals surface area contributed by atoms with E-state index in [1.165, 1.54) is 0 Å². The molecule has 0 radical (unpaired) electrons. The van der Waals surface area contributed by atoms with E-state index in [4.69, 9.17) is 33.4 Å². The average Bonchev–Trinajstić information content (AvgIpc) is 4.04. The second-order valence-electron chi connectivity index (χ2n) is 14.7. The molecule has 3 heterocycles. The first kappa shape index (κ1) is 25.9. The molecule has 0 aliphatic carbocycles. The van der Waals surface area contributed by atoms with Crippen LogP contribution in [0.4, 0.5) is 0 Å². The van der Waals surface area contributed by atoms with E-state index < -0.39 is 77.6 Å². The third kappa shape index (κ3) is 6.23. The first-order valence-electron chi connectivity index (χ1n) is 25.4. The second kappa shape index (κ2) is 14.7. The van der Waals surface area contributed by atoms with Gasteiger partial charge in [0.2, 0.25) is 0 Å². The second-order valence-corrected chi connectivity index (χ2v) is 14.7. The Balaban J connectivity index is 1.02. The fourth-order valence-electron chi connectivity index (χ4n) is 7.88. The van der Waals surface area contributed by atoms with Crippen molar-refractivity contribution < 1.29 is 23.9 Å². The molecule has 0 atom stereocenters. The molecule has 5 heteroatoms. The van der Waals surface area contributed by atoms with Gasteiger partial charge in [0.15, 0.2) is 17.5 Å². The van der Waals surface area contributed by atoms with Gasteiger partial charge in [0, 0.05) is 49.4 Å². The molecule has 0 amide bonds. The summed E-state index contributed by atoms with van der Waals surface area (Å²) >= 11 is 0. The lowest BCUT2D eigenvalue weighted by Gasteiger charge is -2.10. The van der Waals surface area contributed by atoms with E-state index in [0.29, 0.717) is 11.1 Å². The Morgan fingerprint density at radius 2 is 0.823 bits per heavy atom. The highest BCUT2D eigenvalue weighted by Crippen LogP contribution is 2.41. The van der Waals surface area contributed by atoms with E-state index in [-0.39, 0.29) is 45.0 Å². The van der Waals surface area contributed by atoms with Crippen molar-refractivity contribution in [3.63, 3.8) is 0 Å². The van der Waals surface area contributed by atoms with E-state index in [0.717, 1.165) is 55.3 Å². The molecule has 12 rings (SSSR count). The molecule has 290 valence electrons. The van der Waals surface area contributed by atoms with Crippen LogP contribution in [-0.2, 0) is 0 Å². The molecular weight excluding hydrogens is 759 g/mol. The van der Waals surface area contributed by atoms with E-state index >= 15 is 0 Å². The summed E-state index contributed by atoms with van der Waals surface area (Å²) in [5.74, 6) is 0.290. The number of benzene rings is 9. The van der Waals surface area contributed by atoms with Crippen LogP contribution < -0.4 is 0 Å². The summed E-state index contributed by atoms with van der Waals surface area (Å²) in [6.07, 6.45) is 0. The highest BCUT2D eigenvalue weighted by molar-refractivity contribution is 6.13. The first-order valence-corrected chi connectivity index (χ1v) is 19.9. The smallest absolute Gasteiger partial charge is 0.164 e. The van der Waals surface area contributed by atoms with Crippen LogP contribution in [0, 0.1) is 0 Å². The molecule has 0 spiro atoms. The number of fused-ring (bicyclic) bond motifs is 6. The zero-order chi connectivity index (χ0) is 50.6. The molecular formula is C57H35N3O2. The van der Waals surface area contributed by atoms with Gasteiger partial charge in [0.25, 0.3) is 0 Å². The molecule has 0 bridgehead atoms. The molecule has 9 aromatic carbocycles. The normalized spacial score (nSPS) is 14.0. The summed E-state index contributed by atoms with van der Waals surface area (Å²) in [5.41, 5.74) is 6.69. The molecule has 0 unspecified atom stereocenters. The number of rotatable bonds is 7. The topological polar surface area (TPSA) is 65.0 Å². The molecule has 0 aliphatic heterocycles. The standard InChI is InChI=1S/C57H35N3O2/c1-4-12-36(13-5-1)38-22-26-41(27-23-38)55-58-56(60-57(59-55)44-30-32-47-50-34-43(37-14-6-2-7-15-37)31-33-51(50)61-52(47)35-44)42-28-24-40(25-29-42)46-19-11-21-49-48-20-10-18-45(53(48)62-54(46)49)39-16-8-3-9-17-39/h1-35H/i2D,6D,7D,14D,15D,30D,31D,32D,33D,34D,35D. The number of hydrogen-bond donors (Lipinski definition) is 0. The van der Waals surface area contributed by atoms with Gasteiger partial charge in [-0.25, -0.2) is 15.0 Å². The van der Waals surface area contributed by atoms with Gasteiger partial charge in [0.1, 0.15) is 22.3 Å². The van der Waals surface area contributed by atoms with Crippen LogP contribution >= 0.6 is 0 Å². The summed E-state index contributed by atoms with van der Waals surface area (Å²) in [6, 6.07) is 40.7. The Labute approximate surface area is 372 Å². The number of para-hydroxylation sites is 2. The third-order valence-electron chi connectivity index (χ3n) is 10.9. The van der Waals surface area contributed by atoms with Crippen LogP contribution in [0.15, 0.2) is 221 Å². The fourth-order valence-corrected chi connectivity index (χ4v) is 7.88. The van der Waals surface area contributed by atoms with E-state index in [1.807, 2.05) is 121 Å². The lowest BCUT2D eigenvalue weighted by molar-refractivity contribution is 0.669. The van der Waals surface area contributed by atoms with Gasteiger partial charge >= 0.3 is 0 Å². The molecule has 0 N–H and O–H groups in total. The van der Waals surface area contributed by atoms with Gasteiger partial charge in [-0.2, -0.15) is 0 Å². The molecule has 62 heavy (non-hydrogen) atoms. The number of hydrogen-bond acceptors (Lipinski definition) is 5. The van der Waals surface area contributed by atoms with Crippen LogP contribution in [0.3, 0.4) is 0 Å². The van der Waals surface area contributed by atoms with Gasteiger partial charge < -0.3 is 8.83 Å². The zero-order valence-electron chi connectivity index (χ0n) is 43.5. The molecule has 0 fully saturated rings. The van der Waals surface area contributed by atoms with Crippen molar-refractivity contribution in [2.75, 3.05) is 0 Å². The molecule has 0 saturated carbocycles. The summed E-state index contributed by atoms with van der Waals surface area (Å²) in [4.78, 5) is 14.6. The SMILES string of the molecule is [2H]c1c([2H])c([2H])c(-c2c([2H])c([2H])c3oc4c([2H])c(-c5nc(-c6ccc(-c7ccccc7)cc6)nc(-c6ccc(-c7cccc8c7oc7c(-c9ccccc9)cccc78)cc6)n5)c([2H])c([2H])c4c3c2[2H])c([2H])c1[2H]. The minimum atomic E-state index is -0.691. The monoisotopic (exact) mass is 804 g/mol. The maximum atomic E-state index is 9.57.